The Kier molecular flexibility index (Phi) is 3.57. The highest BCUT2D eigenvalue weighted by molar-refractivity contribution is 9.10. The van der Waals surface area contributed by atoms with Crippen LogP contribution in [0.5, 0.6) is 0 Å². The van der Waals surface area contributed by atoms with Crippen molar-refractivity contribution in [1.29, 1.82) is 5.26 Å². The monoisotopic (exact) mass is 311 g/mol. The van der Waals surface area contributed by atoms with Crippen LogP contribution in [0.25, 0.3) is 0 Å². The summed E-state index contributed by atoms with van der Waals surface area (Å²) in [5.41, 5.74) is -1.41. The van der Waals surface area contributed by atoms with Crippen molar-refractivity contribution < 1.29 is 17.2 Å². The van der Waals surface area contributed by atoms with Crippen LogP contribution in [-0.2, 0) is 10.0 Å². The zero-order valence-electron chi connectivity index (χ0n) is 7.49. The normalized spacial score (nSPS) is 11.5. The summed E-state index contributed by atoms with van der Waals surface area (Å²) in [7, 11) is -4.42. The Hall–Kier alpha value is -1.11. The van der Waals surface area contributed by atoms with Crippen LogP contribution < -0.4 is 5.14 Å². The molecule has 0 amide bonds. The van der Waals surface area contributed by atoms with E-state index in [9.17, 15) is 17.2 Å². The van der Waals surface area contributed by atoms with E-state index in [1.54, 1.807) is 0 Å². The van der Waals surface area contributed by atoms with Gasteiger partial charge in [-0.15, -0.1) is 0 Å². The van der Waals surface area contributed by atoms with Crippen LogP contribution >= 0.6 is 15.9 Å². The van der Waals surface area contributed by atoms with E-state index in [2.05, 4.69) is 20.9 Å². The van der Waals surface area contributed by atoms with Gasteiger partial charge in [0.05, 0.1) is 5.56 Å². The third kappa shape index (κ3) is 2.34. The summed E-state index contributed by atoms with van der Waals surface area (Å²) in [5, 5.41) is 13.5. The maximum absolute atomic E-state index is 12.5. The van der Waals surface area contributed by atoms with Crippen molar-refractivity contribution >= 4 is 26.0 Å². The van der Waals surface area contributed by atoms with Crippen molar-refractivity contribution in [2.24, 2.45) is 5.14 Å². The first-order chi connectivity index (χ1) is 7.29. The molecule has 1 aromatic heterocycles. The molecule has 0 spiro atoms. The third-order valence-electron chi connectivity index (χ3n) is 1.64. The highest BCUT2D eigenvalue weighted by atomic mass is 79.9. The second kappa shape index (κ2) is 4.40. The van der Waals surface area contributed by atoms with Gasteiger partial charge in [-0.3, -0.25) is 0 Å². The molecule has 1 rings (SSSR count). The highest BCUT2D eigenvalue weighted by Gasteiger charge is 2.26. The number of pyridine rings is 1. The lowest BCUT2D eigenvalue weighted by Gasteiger charge is -2.08. The topological polar surface area (TPSA) is 96.8 Å². The smallest absolute Gasteiger partial charge is 0.247 e. The zero-order valence-corrected chi connectivity index (χ0v) is 9.89. The molecule has 86 valence electrons. The molecule has 2 N–H and O–H groups in total. The van der Waals surface area contributed by atoms with Crippen LogP contribution in [0.15, 0.2) is 15.7 Å². The van der Waals surface area contributed by atoms with Crippen LogP contribution in [0.3, 0.4) is 0 Å². The van der Waals surface area contributed by atoms with E-state index in [0.717, 1.165) is 0 Å². The van der Waals surface area contributed by atoms with E-state index in [0.29, 0.717) is 6.20 Å². The fourth-order valence-corrected chi connectivity index (χ4v) is 2.46. The molecule has 0 bridgehead atoms. The van der Waals surface area contributed by atoms with Gasteiger partial charge < -0.3 is 0 Å². The van der Waals surface area contributed by atoms with Crippen molar-refractivity contribution in [2.45, 2.75) is 11.3 Å². The van der Waals surface area contributed by atoms with Crippen LogP contribution in [0.1, 0.15) is 17.6 Å². The molecule has 0 unspecified atom stereocenters. The number of rotatable bonds is 2. The molecule has 5 nitrogen and oxygen atoms in total. The standard InChI is InChI=1S/C7H4BrF2N3O2S/c8-6-3(1-11)5(16(12,14)15)4(2-13-6)7(9)10/h2,7H,(H2,12,14,15). The molecule has 0 saturated heterocycles. The van der Waals surface area contributed by atoms with Gasteiger partial charge in [-0.05, 0) is 15.9 Å². The van der Waals surface area contributed by atoms with Crippen molar-refractivity contribution in [1.82, 2.24) is 4.98 Å². The van der Waals surface area contributed by atoms with Crippen LogP contribution in [0, 0.1) is 11.3 Å². The molecule has 0 saturated carbocycles. The van der Waals surface area contributed by atoms with Crippen LogP contribution in [-0.4, -0.2) is 13.4 Å². The lowest BCUT2D eigenvalue weighted by atomic mass is 10.2. The first kappa shape index (κ1) is 13.0. The first-order valence-corrected chi connectivity index (χ1v) is 6.02. The van der Waals surface area contributed by atoms with Gasteiger partial charge in [0, 0.05) is 6.20 Å². The number of hydrogen-bond acceptors (Lipinski definition) is 4. The Morgan fingerprint density at radius 1 is 1.56 bits per heavy atom. The number of halogens is 3. The van der Waals surface area contributed by atoms with E-state index < -0.39 is 32.5 Å². The SMILES string of the molecule is N#Cc1c(Br)ncc(C(F)F)c1S(N)(=O)=O. The minimum atomic E-state index is -4.42. The van der Waals surface area contributed by atoms with Gasteiger partial charge in [-0.2, -0.15) is 5.26 Å². The number of sulfonamides is 1. The molecule has 1 heterocycles. The lowest BCUT2D eigenvalue weighted by molar-refractivity contribution is 0.147. The minimum Gasteiger partial charge on any atom is -0.247 e. The molecule has 0 radical (unpaired) electrons. The van der Waals surface area contributed by atoms with Gasteiger partial charge in [0.15, 0.2) is 0 Å². The molecule has 0 atom stereocenters. The Labute approximate surface area is 98.1 Å². The molecular formula is C7H4BrF2N3O2S. The second-order valence-corrected chi connectivity index (χ2v) is 4.92. The van der Waals surface area contributed by atoms with Crippen molar-refractivity contribution in [2.75, 3.05) is 0 Å². The van der Waals surface area contributed by atoms with Gasteiger partial charge in [0.25, 0.3) is 6.43 Å². The second-order valence-electron chi connectivity index (χ2n) is 2.67. The summed E-state index contributed by atoms with van der Waals surface area (Å²) in [5.74, 6) is 0. The molecule has 0 aliphatic heterocycles. The number of primary sulfonamides is 1. The van der Waals surface area contributed by atoms with Gasteiger partial charge >= 0.3 is 0 Å². The molecule has 1 aromatic rings. The number of nitriles is 1. The average Bonchev–Trinajstić information content (AvgIpc) is 2.15. The number of aromatic nitrogens is 1. The van der Waals surface area contributed by atoms with Crippen LogP contribution in [0.4, 0.5) is 8.78 Å². The Bertz CT molecular complexity index is 568. The van der Waals surface area contributed by atoms with E-state index in [1.807, 2.05) is 0 Å². The molecule has 0 aliphatic carbocycles. The maximum atomic E-state index is 12.5. The summed E-state index contributed by atoms with van der Waals surface area (Å²) >= 11 is 2.78. The van der Waals surface area contributed by atoms with Crippen molar-refractivity contribution in [3.63, 3.8) is 0 Å². The number of alkyl halides is 2. The predicted molar refractivity (Wildman–Crippen MR) is 53.0 cm³/mol. The zero-order chi connectivity index (χ0) is 12.5. The van der Waals surface area contributed by atoms with Crippen LogP contribution in [0.2, 0.25) is 0 Å². The summed E-state index contributed by atoms with van der Waals surface area (Å²) in [6.07, 6.45) is -2.42. The summed E-state index contributed by atoms with van der Waals surface area (Å²) < 4.78 is 47.2. The molecule has 0 aromatic carbocycles. The molecular weight excluding hydrogens is 308 g/mol. The van der Waals surface area contributed by atoms with E-state index >= 15 is 0 Å². The molecule has 0 aliphatic rings. The van der Waals surface area contributed by atoms with Crippen molar-refractivity contribution in [3.8, 4) is 6.07 Å². The quantitative estimate of drug-likeness (QED) is 0.832. The summed E-state index contributed by atoms with van der Waals surface area (Å²) in [6.45, 7) is 0. The average molecular weight is 312 g/mol. The fourth-order valence-electron chi connectivity index (χ4n) is 1.05. The Morgan fingerprint density at radius 2 is 2.12 bits per heavy atom. The molecule has 0 fully saturated rings. The van der Waals surface area contributed by atoms with E-state index in [1.165, 1.54) is 6.07 Å². The Balaban J connectivity index is 3.77. The fraction of sp³-hybridized carbons (Fsp3) is 0.143. The number of hydrogen-bond donors (Lipinski definition) is 1. The first-order valence-electron chi connectivity index (χ1n) is 3.68. The van der Waals surface area contributed by atoms with Gasteiger partial charge in [-0.25, -0.2) is 27.3 Å². The highest BCUT2D eigenvalue weighted by Crippen LogP contribution is 2.30. The van der Waals surface area contributed by atoms with E-state index in [-0.39, 0.29) is 4.60 Å². The third-order valence-corrected chi connectivity index (χ3v) is 3.25. The predicted octanol–water partition coefficient (Wildman–Crippen LogP) is 1.30. The Morgan fingerprint density at radius 3 is 2.50 bits per heavy atom. The number of nitrogens with zero attached hydrogens (tertiary/aromatic N) is 2. The van der Waals surface area contributed by atoms with Gasteiger partial charge in [0.1, 0.15) is 21.1 Å². The van der Waals surface area contributed by atoms with Crippen molar-refractivity contribution in [3.05, 3.63) is 21.9 Å². The van der Waals surface area contributed by atoms with E-state index in [4.69, 9.17) is 10.4 Å². The van der Waals surface area contributed by atoms with Gasteiger partial charge in [0.2, 0.25) is 10.0 Å². The minimum absolute atomic E-state index is 0.150. The number of nitrogens with two attached hydrogens (primary N) is 1. The maximum Gasteiger partial charge on any atom is 0.266 e. The van der Waals surface area contributed by atoms with Gasteiger partial charge in [-0.1, -0.05) is 0 Å². The summed E-state index contributed by atoms with van der Waals surface area (Å²) in [6, 6.07) is 1.46. The molecule has 16 heavy (non-hydrogen) atoms. The molecule has 9 heteroatoms. The lowest BCUT2D eigenvalue weighted by Crippen LogP contribution is -2.17. The summed E-state index contributed by atoms with van der Waals surface area (Å²) in [4.78, 5) is 2.54. The largest absolute Gasteiger partial charge is 0.266 e.